The van der Waals surface area contributed by atoms with Crippen molar-refractivity contribution in [1.29, 1.82) is 0 Å². The minimum atomic E-state index is -0.409. The molecule has 9 heteroatoms. The van der Waals surface area contributed by atoms with Gasteiger partial charge < -0.3 is 10.6 Å². The van der Waals surface area contributed by atoms with Crippen LogP contribution in [0.25, 0.3) is 21.3 Å². The van der Waals surface area contributed by atoms with Crippen molar-refractivity contribution in [1.82, 2.24) is 20.5 Å². The van der Waals surface area contributed by atoms with Gasteiger partial charge in [-0.05, 0) is 17.7 Å². The normalized spacial score (nSPS) is 12.7. The molecule has 1 aliphatic heterocycles. The highest BCUT2D eigenvalue weighted by Gasteiger charge is 2.33. The summed E-state index contributed by atoms with van der Waals surface area (Å²) in [4.78, 5) is 32.1. The lowest BCUT2D eigenvalue weighted by Gasteiger charge is -2.27. The molecule has 0 spiro atoms. The van der Waals surface area contributed by atoms with Crippen LogP contribution in [0.2, 0.25) is 0 Å². The number of thiophene rings is 1. The van der Waals surface area contributed by atoms with Crippen molar-refractivity contribution in [2.24, 2.45) is 0 Å². The van der Waals surface area contributed by atoms with Gasteiger partial charge in [0, 0.05) is 18.8 Å². The van der Waals surface area contributed by atoms with Crippen LogP contribution in [-0.4, -0.2) is 34.2 Å². The Bertz CT molecular complexity index is 1270. The maximum atomic E-state index is 13.0. The summed E-state index contributed by atoms with van der Waals surface area (Å²) in [5.74, 6) is 0.114. The van der Waals surface area contributed by atoms with Gasteiger partial charge in [0.05, 0.1) is 23.0 Å². The van der Waals surface area contributed by atoms with E-state index in [4.69, 9.17) is 0 Å². The lowest BCUT2D eigenvalue weighted by Crippen LogP contribution is -2.35. The third kappa shape index (κ3) is 2.71. The van der Waals surface area contributed by atoms with Gasteiger partial charge in [0.15, 0.2) is 5.82 Å². The van der Waals surface area contributed by atoms with Crippen molar-refractivity contribution in [3.05, 3.63) is 59.7 Å². The van der Waals surface area contributed by atoms with E-state index in [0.717, 1.165) is 11.1 Å². The number of carbonyl (C=O) groups is 2. The maximum Gasteiger partial charge on any atom is 0.332 e. The van der Waals surface area contributed by atoms with Crippen molar-refractivity contribution in [3.8, 4) is 11.1 Å². The highest BCUT2D eigenvalue weighted by Crippen LogP contribution is 2.45. The number of pyridine rings is 1. The number of carbonyl (C=O) groups excluding carboxylic acids is 2. The second-order valence-corrected chi connectivity index (χ2v) is 7.33. The number of nitrogens with one attached hydrogen (secondary N) is 2. The minimum absolute atomic E-state index is 0.270. The fraction of sp³-hybridized carbons (Fsp3) is 0.0500. The van der Waals surface area contributed by atoms with E-state index in [-0.39, 0.29) is 5.91 Å². The van der Waals surface area contributed by atoms with Crippen LogP contribution in [0.15, 0.2) is 54.9 Å². The third-order valence-corrected chi connectivity index (χ3v) is 5.75. The summed E-state index contributed by atoms with van der Waals surface area (Å²) in [5, 5.41) is 14.4. The standard InChI is InChI=1S/C20H14N6O2S/c1-21-18(27)17-16-15-13(7-8-22-19(15)29-17)26(20(28)24-16)14-9-12(10-23-25-14)11-5-3-2-4-6-11/h2-10H,1H3,(H,21,27)(H,24,28). The van der Waals surface area contributed by atoms with E-state index in [2.05, 4.69) is 25.8 Å². The molecule has 1 aromatic carbocycles. The van der Waals surface area contributed by atoms with Crippen molar-refractivity contribution >= 4 is 50.7 Å². The van der Waals surface area contributed by atoms with E-state index >= 15 is 0 Å². The Labute approximate surface area is 169 Å². The molecule has 1 aliphatic rings. The fourth-order valence-corrected chi connectivity index (χ4v) is 4.40. The SMILES string of the molecule is CNC(=O)c1sc2nccc3c2c1NC(=O)N3c1cc(-c2ccccc2)cnn1. The summed E-state index contributed by atoms with van der Waals surface area (Å²) in [5.41, 5.74) is 2.90. The molecule has 4 heterocycles. The Morgan fingerprint density at radius 1 is 1.17 bits per heavy atom. The molecule has 0 fully saturated rings. The van der Waals surface area contributed by atoms with Crippen molar-refractivity contribution in [3.63, 3.8) is 0 Å². The Kier molecular flexibility index (Phi) is 3.95. The smallest absolute Gasteiger partial charge is 0.332 e. The van der Waals surface area contributed by atoms with Gasteiger partial charge in [0.25, 0.3) is 5.91 Å². The summed E-state index contributed by atoms with van der Waals surface area (Å²) in [6, 6.07) is 12.9. The average Bonchev–Trinajstić information content (AvgIpc) is 3.13. The molecule has 0 radical (unpaired) electrons. The quantitative estimate of drug-likeness (QED) is 0.543. The number of hydrogen-bond acceptors (Lipinski definition) is 6. The van der Waals surface area contributed by atoms with Gasteiger partial charge in [0.1, 0.15) is 9.71 Å². The van der Waals surface area contributed by atoms with E-state index in [1.54, 1.807) is 25.5 Å². The maximum absolute atomic E-state index is 13.0. The molecule has 3 aromatic heterocycles. The van der Waals surface area contributed by atoms with Crippen LogP contribution in [0.4, 0.5) is 22.0 Å². The van der Waals surface area contributed by atoms with Gasteiger partial charge in [-0.1, -0.05) is 30.3 Å². The van der Waals surface area contributed by atoms with Crippen LogP contribution in [0.5, 0.6) is 0 Å². The van der Waals surface area contributed by atoms with Crippen LogP contribution in [0, 0.1) is 0 Å². The number of amides is 3. The van der Waals surface area contributed by atoms with Gasteiger partial charge >= 0.3 is 6.03 Å². The molecule has 4 aromatic rings. The van der Waals surface area contributed by atoms with Gasteiger partial charge in [-0.25, -0.2) is 14.7 Å². The molecule has 142 valence electrons. The van der Waals surface area contributed by atoms with Gasteiger partial charge in [-0.15, -0.1) is 16.4 Å². The molecule has 0 atom stereocenters. The topological polar surface area (TPSA) is 100 Å². The molecule has 29 heavy (non-hydrogen) atoms. The summed E-state index contributed by atoms with van der Waals surface area (Å²) >= 11 is 1.23. The largest absolute Gasteiger partial charge is 0.354 e. The molecule has 5 rings (SSSR count). The van der Waals surface area contributed by atoms with Crippen LogP contribution in [0.1, 0.15) is 9.67 Å². The molecule has 8 nitrogen and oxygen atoms in total. The zero-order valence-electron chi connectivity index (χ0n) is 15.2. The molecular formula is C20H14N6O2S. The number of nitrogens with zero attached hydrogens (tertiary/aromatic N) is 4. The molecule has 3 amide bonds. The number of rotatable bonds is 3. The minimum Gasteiger partial charge on any atom is -0.354 e. The zero-order chi connectivity index (χ0) is 20.0. The zero-order valence-corrected chi connectivity index (χ0v) is 16.0. The van der Waals surface area contributed by atoms with E-state index in [9.17, 15) is 9.59 Å². The Hall–Kier alpha value is -3.85. The summed E-state index contributed by atoms with van der Waals surface area (Å²) in [6.45, 7) is 0. The van der Waals surface area contributed by atoms with Crippen LogP contribution in [0.3, 0.4) is 0 Å². The monoisotopic (exact) mass is 402 g/mol. The second-order valence-electron chi connectivity index (χ2n) is 6.33. The van der Waals surface area contributed by atoms with Gasteiger partial charge in [-0.3, -0.25) is 4.79 Å². The highest BCUT2D eigenvalue weighted by molar-refractivity contribution is 7.21. The molecule has 0 saturated heterocycles. The number of urea groups is 1. The molecule has 0 unspecified atom stereocenters. The second kappa shape index (κ2) is 6.64. The molecular weight excluding hydrogens is 388 g/mol. The van der Waals surface area contributed by atoms with Gasteiger partial charge in [0.2, 0.25) is 0 Å². The summed E-state index contributed by atoms with van der Waals surface area (Å²) < 4.78 is 0. The predicted octanol–water partition coefficient (Wildman–Crippen LogP) is 3.80. The van der Waals surface area contributed by atoms with Crippen molar-refractivity contribution in [2.75, 3.05) is 17.3 Å². The third-order valence-electron chi connectivity index (χ3n) is 4.66. The van der Waals surface area contributed by atoms with E-state index in [1.807, 2.05) is 36.4 Å². The number of hydrogen-bond donors (Lipinski definition) is 2. The molecule has 0 aliphatic carbocycles. The Balaban J connectivity index is 1.68. The first kappa shape index (κ1) is 17.3. The lowest BCUT2D eigenvalue weighted by molar-refractivity contribution is 0.0968. The van der Waals surface area contributed by atoms with E-state index < -0.39 is 6.03 Å². The number of aromatic nitrogens is 3. The average molecular weight is 402 g/mol. The number of anilines is 3. The first-order valence-corrected chi connectivity index (χ1v) is 9.62. The molecule has 0 bridgehead atoms. The van der Waals surface area contributed by atoms with Crippen LogP contribution in [-0.2, 0) is 0 Å². The van der Waals surface area contributed by atoms with Crippen molar-refractivity contribution < 1.29 is 9.59 Å². The highest BCUT2D eigenvalue weighted by atomic mass is 32.1. The first-order chi connectivity index (χ1) is 14.2. The van der Waals surface area contributed by atoms with Gasteiger partial charge in [-0.2, -0.15) is 5.10 Å². The summed E-state index contributed by atoms with van der Waals surface area (Å²) in [6.07, 6.45) is 3.27. The van der Waals surface area contributed by atoms with Crippen LogP contribution < -0.4 is 15.5 Å². The predicted molar refractivity (Wildman–Crippen MR) is 112 cm³/mol. The Morgan fingerprint density at radius 3 is 2.79 bits per heavy atom. The van der Waals surface area contributed by atoms with E-state index in [1.165, 1.54) is 16.2 Å². The first-order valence-electron chi connectivity index (χ1n) is 8.80. The lowest BCUT2D eigenvalue weighted by atomic mass is 10.1. The van der Waals surface area contributed by atoms with E-state index in [0.29, 0.717) is 32.3 Å². The molecule has 2 N–H and O–H groups in total. The van der Waals surface area contributed by atoms with Crippen LogP contribution >= 0.6 is 11.3 Å². The van der Waals surface area contributed by atoms with Crippen molar-refractivity contribution in [2.45, 2.75) is 0 Å². The summed E-state index contributed by atoms with van der Waals surface area (Å²) in [7, 11) is 1.55. The molecule has 0 saturated carbocycles. The Morgan fingerprint density at radius 2 is 2.00 bits per heavy atom. The number of benzene rings is 1. The fourth-order valence-electron chi connectivity index (χ4n) is 3.34.